The third-order valence-corrected chi connectivity index (χ3v) is 5.96. The van der Waals surface area contributed by atoms with Crippen molar-refractivity contribution in [2.24, 2.45) is 18.9 Å². The number of amides is 2. The van der Waals surface area contributed by atoms with Gasteiger partial charge in [0.25, 0.3) is 0 Å². The van der Waals surface area contributed by atoms with Crippen LogP contribution in [-0.4, -0.2) is 46.5 Å². The summed E-state index contributed by atoms with van der Waals surface area (Å²) in [5, 5.41) is 3.20. The van der Waals surface area contributed by atoms with Gasteiger partial charge in [-0.25, -0.2) is 4.98 Å². The molecule has 2 fully saturated rings. The Morgan fingerprint density at radius 3 is 2.34 bits per heavy atom. The van der Waals surface area contributed by atoms with Crippen LogP contribution in [0, 0.1) is 11.8 Å². The number of hydrogen-bond donors (Lipinski definition) is 1. The smallest absolute Gasteiger partial charge is 0.225 e. The summed E-state index contributed by atoms with van der Waals surface area (Å²) in [6.45, 7) is 1.34. The van der Waals surface area contributed by atoms with Gasteiger partial charge in [0, 0.05) is 44.4 Å². The van der Waals surface area contributed by atoms with E-state index in [9.17, 15) is 9.59 Å². The van der Waals surface area contributed by atoms with E-state index in [1.165, 1.54) is 0 Å². The van der Waals surface area contributed by atoms with Gasteiger partial charge in [0.05, 0.1) is 7.11 Å². The zero-order valence-corrected chi connectivity index (χ0v) is 17.0. The third-order valence-electron chi connectivity index (χ3n) is 5.96. The quantitative estimate of drug-likeness (QED) is 0.813. The first-order valence-corrected chi connectivity index (χ1v) is 10.3. The summed E-state index contributed by atoms with van der Waals surface area (Å²) >= 11 is 0. The molecule has 0 radical (unpaired) electrons. The molecule has 1 aromatic carbocycles. The number of nitrogens with zero attached hydrogens (tertiary/aromatic N) is 3. The molecule has 2 aromatic rings. The number of methoxy groups -OCH3 is 1. The van der Waals surface area contributed by atoms with E-state index in [0.29, 0.717) is 25.9 Å². The molecule has 2 amide bonds. The largest absolute Gasteiger partial charge is 0.497 e. The van der Waals surface area contributed by atoms with Crippen molar-refractivity contribution in [3.8, 4) is 5.75 Å². The minimum Gasteiger partial charge on any atom is -0.497 e. The number of imidazole rings is 1. The van der Waals surface area contributed by atoms with E-state index in [1.54, 1.807) is 13.3 Å². The van der Waals surface area contributed by atoms with Crippen LogP contribution in [0.1, 0.15) is 43.1 Å². The van der Waals surface area contributed by atoms with E-state index < -0.39 is 0 Å². The maximum Gasteiger partial charge on any atom is 0.225 e. The molecule has 154 valence electrons. The summed E-state index contributed by atoms with van der Waals surface area (Å²) < 4.78 is 7.17. The highest BCUT2D eigenvalue weighted by Gasteiger charge is 2.36. The number of piperidine rings is 1. The number of likely N-dealkylation sites (tertiary alicyclic amines) is 1. The maximum atomic E-state index is 13.1. The van der Waals surface area contributed by atoms with Crippen molar-refractivity contribution in [2.75, 3.05) is 20.2 Å². The molecule has 1 saturated heterocycles. The number of nitrogens with one attached hydrogen (secondary N) is 1. The average molecular weight is 396 g/mol. The Balaban J connectivity index is 1.45. The van der Waals surface area contributed by atoms with Gasteiger partial charge in [-0.1, -0.05) is 12.1 Å². The molecule has 7 heteroatoms. The predicted molar refractivity (Wildman–Crippen MR) is 108 cm³/mol. The molecule has 0 bridgehead atoms. The second-order valence-electron chi connectivity index (χ2n) is 7.98. The van der Waals surface area contributed by atoms with Crippen LogP contribution in [0.5, 0.6) is 5.75 Å². The van der Waals surface area contributed by atoms with Gasteiger partial charge in [-0.05, 0) is 43.4 Å². The first-order valence-electron chi connectivity index (χ1n) is 10.3. The average Bonchev–Trinajstić information content (AvgIpc) is 3.53. The van der Waals surface area contributed by atoms with E-state index in [-0.39, 0.29) is 29.7 Å². The van der Waals surface area contributed by atoms with Crippen molar-refractivity contribution in [1.29, 1.82) is 0 Å². The van der Waals surface area contributed by atoms with Crippen LogP contribution in [0.25, 0.3) is 0 Å². The number of benzene rings is 1. The molecule has 7 nitrogen and oxygen atoms in total. The van der Waals surface area contributed by atoms with Gasteiger partial charge in [0.2, 0.25) is 11.8 Å². The van der Waals surface area contributed by atoms with Gasteiger partial charge in [-0.15, -0.1) is 0 Å². The van der Waals surface area contributed by atoms with Gasteiger partial charge in [-0.3, -0.25) is 9.59 Å². The fraction of sp³-hybridized carbons (Fsp3) is 0.500. The number of hydrogen-bond acceptors (Lipinski definition) is 4. The zero-order valence-electron chi connectivity index (χ0n) is 17.0. The highest BCUT2D eigenvalue weighted by atomic mass is 16.5. The summed E-state index contributed by atoms with van der Waals surface area (Å²) in [4.78, 5) is 31.7. The molecule has 1 aliphatic heterocycles. The topological polar surface area (TPSA) is 76.5 Å². The van der Waals surface area contributed by atoms with E-state index in [4.69, 9.17) is 4.74 Å². The highest BCUT2D eigenvalue weighted by molar-refractivity contribution is 5.82. The van der Waals surface area contributed by atoms with E-state index in [1.807, 2.05) is 47.0 Å². The van der Waals surface area contributed by atoms with Crippen LogP contribution in [-0.2, 0) is 16.6 Å². The molecule has 1 atom stereocenters. The zero-order chi connectivity index (χ0) is 20.4. The van der Waals surface area contributed by atoms with Crippen molar-refractivity contribution in [3.05, 3.63) is 48.0 Å². The van der Waals surface area contributed by atoms with Gasteiger partial charge in [-0.2, -0.15) is 0 Å². The summed E-state index contributed by atoms with van der Waals surface area (Å²) in [5.74, 6) is 2.00. The number of ether oxygens (including phenoxy) is 1. The van der Waals surface area contributed by atoms with Crippen LogP contribution in [0.4, 0.5) is 0 Å². The second kappa shape index (κ2) is 8.27. The summed E-state index contributed by atoms with van der Waals surface area (Å²) in [5.41, 5.74) is 0.954. The maximum absolute atomic E-state index is 13.1. The molecule has 1 saturated carbocycles. The van der Waals surface area contributed by atoms with Crippen LogP contribution in [0.15, 0.2) is 36.7 Å². The fourth-order valence-corrected chi connectivity index (χ4v) is 3.96. The fourth-order valence-electron chi connectivity index (χ4n) is 3.96. The minimum absolute atomic E-state index is 0.0207. The normalized spacial score (nSPS) is 18.3. The molecule has 1 N–H and O–H groups in total. The molecule has 4 rings (SSSR count). The molecule has 2 aliphatic rings. The minimum atomic E-state index is -0.334. The number of aromatic nitrogens is 2. The van der Waals surface area contributed by atoms with Gasteiger partial charge in [0.1, 0.15) is 17.6 Å². The lowest BCUT2D eigenvalue weighted by Crippen LogP contribution is -2.44. The lowest BCUT2D eigenvalue weighted by molar-refractivity contribution is -0.136. The molecule has 2 heterocycles. The Morgan fingerprint density at radius 2 is 1.79 bits per heavy atom. The summed E-state index contributed by atoms with van der Waals surface area (Å²) in [6.07, 6.45) is 7.07. The Bertz CT molecular complexity index is 864. The standard InChI is InChI=1S/C22H28N4O3/c1-25-14-11-23-20(25)19(15-5-7-18(29-2)8-6-15)24-21(27)16-9-12-26(13-10-16)22(28)17-3-4-17/h5-8,11,14,16-17,19H,3-4,9-10,12-13H2,1-2H3,(H,24,27). The van der Waals surface area contributed by atoms with Gasteiger partial charge < -0.3 is 19.5 Å². The molecule has 1 aliphatic carbocycles. The molecular weight excluding hydrogens is 368 g/mol. The lowest BCUT2D eigenvalue weighted by atomic mass is 9.94. The van der Waals surface area contributed by atoms with Crippen molar-refractivity contribution >= 4 is 11.8 Å². The van der Waals surface area contributed by atoms with Crippen LogP contribution in [0.3, 0.4) is 0 Å². The molecule has 0 spiro atoms. The second-order valence-corrected chi connectivity index (χ2v) is 7.98. The summed E-state index contributed by atoms with van der Waals surface area (Å²) in [6, 6.07) is 7.35. The number of carbonyl (C=O) groups is 2. The van der Waals surface area contributed by atoms with Crippen LogP contribution >= 0.6 is 0 Å². The predicted octanol–water partition coefficient (Wildman–Crippen LogP) is 2.28. The number of carbonyl (C=O) groups excluding carboxylic acids is 2. The Labute approximate surface area is 171 Å². The van der Waals surface area contributed by atoms with E-state index >= 15 is 0 Å². The van der Waals surface area contributed by atoms with Crippen molar-refractivity contribution in [2.45, 2.75) is 31.7 Å². The van der Waals surface area contributed by atoms with Crippen LogP contribution in [0.2, 0.25) is 0 Å². The molecule has 1 unspecified atom stereocenters. The van der Waals surface area contributed by atoms with Gasteiger partial charge >= 0.3 is 0 Å². The van der Waals surface area contributed by atoms with Crippen molar-refractivity contribution in [3.63, 3.8) is 0 Å². The highest BCUT2D eigenvalue weighted by Crippen LogP contribution is 2.32. The van der Waals surface area contributed by atoms with Crippen molar-refractivity contribution in [1.82, 2.24) is 19.8 Å². The third kappa shape index (κ3) is 4.28. The lowest BCUT2D eigenvalue weighted by Gasteiger charge is -2.32. The number of rotatable bonds is 6. The van der Waals surface area contributed by atoms with E-state index in [0.717, 1.165) is 30.0 Å². The Hall–Kier alpha value is -2.83. The van der Waals surface area contributed by atoms with Crippen molar-refractivity contribution < 1.29 is 14.3 Å². The SMILES string of the molecule is COc1ccc(C(NC(=O)C2CCN(C(=O)C3CC3)CC2)c2nccn2C)cc1. The Morgan fingerprint density at radius 1 is 1.10 bits per heavy atom. The Kier molecular flexibility index (Phi) is 5.56. The molecule has 1 aromatic heterocycles. The first-order chi connectivity index (χ1) is 14.1. The number of aryl methyl sites for hydroxylation is 1. The first kappa shape index (κ1) is 19.5. The van der Waals surface area contributed by atoms with E-state index in [2.05, 4.69) is 10.3 Å². The molecular formula is C22H28N4O3. The van der Waals surface area contributed by atoms with Crippen LogP contribution < -0.4 is 10.1 Å². The summed E-state index contributed by atoms with van der Waals surface area (Å²) in [7, 11) is 3.56. The van der Waals surface area contributed by atoms with Gasteiger partial charge in [0.15, 0.2) is 0 Å². The molecule has 29 heavy (non-hydrogen) atoms. The monoisotopic (exact) mass is 396 g/mol.